The summed E-state index contributed by atoms with van der Waals surface area (Å²) in [5.41, 5.74) is 0. The normalized spacial score (nSPS) is 28.4. The number of aliphatic carboxylic acids is 1. The van der Waals surface area contributed by atoms with Gasteiger partial charge in [-0.3, -0.25) is 4.79 Å². The van der Waals surface area contributed by atoms with Gasteiger partial charge in [0.25, 0.3) is 0 Å². The van der Waals surface area contributed by atoms with Gasteiger partial charge in [0.1, 0.15) is 6.04 Å². The molecule has 1 fully saturated rings. The van der Waals surface area contributed by atoms with Crippen LogP contribution in [0.25, 0.3) is 0 Å². The molecule has 4 nitrogen and oxygen atoms in total. The Kier molecular flexibility index (Phi) is 3.82. The van der Waals surface area contributed by atoms with Crippen LogP contribution in [-0.4, -0.2) is 34.5 Å². The van der Waals surface area contributed by atoms with E-state index in [1.54, 1.807) is 4.90 Å². The van der Waals surface area contributed by atoms with Crippen molar-refractivity contribution in [2.24, 2.45) is 5.92 Å². The van der Waals surface area contributed by atoms with E-state index in [2.05, 4.69) is 12.2 Å². The molecule has 0 aromatic rings. The number of likely N-dealkylation sites (tertiary alicyclic amines) is 1. The maximum absolute atomic E-state index is 12.1. The van der Waals surface area contributed by atoms with Crippen LogP contribution in [0.5, 0.6) is 0 Å². The number of nitrogens with zero attached hydrogens (tertiary/aromatic N) is 1. The van der Waals surface area contributed by atoms with Crippen molar-refractivity contribution in [1.82, 2.24) is 4.90 Å². The third-order valence-corrected chi connectivity index (χ3v) is 3.66. The zero-order chi connectivity index (χ0) is 12.3. The Morgan fingerprint density at radius 3 is 2.76 bits per heavy atom. The topological polar surface area (TPSA) is 57.6 Å². The molecule has 1 heterocycles. The third-order valence-electron chi connectivity index (χ3n) is 3.66. The van der Waals surface area contributed by atoms with Gasteiger partial charge in [0.05, 0.1) is 0 Å². The van der Waals surface area contributed by atoms with Crippen molar-refractivity contribution in [3.05, 3.63) is 12.2 Å². The number of rotatable bonds is 3. The monoisotopic (exact) mass is 237 g/mol. The lowest BCUT2D eigenvalue weighted by atomic mass is 9.99. The van der Waals surface area contributed by atoms with Gasteiger partial charge in [-0.25, -0.2) is 4.79 Å². The standard InChI is InChI=1S/C13H19NO3/c15-12(9-10-5-1-2-6-10)14-8-4-3-7-11(14)13(16)17/h1,5,10-11H,2-4,6-9H2,(H,16,17)/t10-,11+/m1/s1. The number of carbonyl (C=O) groups is 2. The zero-order valence-electron chi connectivity index (χ0n) is 9.97. The first-order chi connectivity index (χ1) is 8.18. The summed E-state index contributed by atoms with van der Waals surface area (Å²) < 4.78 is 0. The van der Waals surface area contributed by atoms with Gasteiger partial charge in [0.2, 0.25) is 5.91 Å². The summed E-state index contributed by atoms with van der Waals surface area (Å²) in [6.45, 7) is 0.603. The number of amides is 1. The predicted molar refractivity (Wildman–Crippen MR) is 63.5 cm³/mol. The van der Waals surface area contributed by atoms with Crippen LogP contribution >= 0.6 is 0 Å². The van der Waals surface area contributed by atoms with Crippen molar-refractivity contribution >= 4 is 11.9 Å². The van der Waals surface area contributed by atoms with Crippen molar-refractivity contribution < 1.29 is 14.7 Å². The van der Waals surface area contributed by atoms with Crippen LogP contribution in [0, 0.1) is 5.92 Å². The first-order valence-corrected chi connectivity index (χ1v) is 6.37. The highest BCUT2D eigenvalue weighted by Crippen LogP contribution is 2.24. The Balaban J connectivity index is 1.95. The quantitative estimate of drug-likeness (QED) is 0.761. The highest BCUT2D eigenvalue weighted by molar-refractivity contribution is 5.84. The Hall–Kier alpha value is -1.32. The van der Waals surface area contributed by atoms with Crippen molar-refractivity contribution in [3.8, 4) is 0 Å². The fourth-order valence-electron chi connectivity index (χ4n) is 2.69. The molecule has 1 amide bonds. The molecule has 0 bridgehead atoms. The van der Waals surface area contributed by atoms with E-state index in [4.69, 9.17) is 5.11 Å². The minimum Gasteiger partial charge on any atom is -0.480 e. The third kappa shape index (κ3) is 2.87. The lowest BCUT2D eigenvalue weighted by Crippen LogP contribution is -2.48. The molecule has 1 aliphatic carbocycles. The van der Waals surface area contributed by atoms with Gasteiger partial charge >= 0.3 is 5.97 Å². The van der Waals surface area contributed by atoms with E-state index in [1.807, 2.05) is 0 Å². The van der Waals surface area contributed by atoms with E-state index < -0.39 is 12.0 Å². The molecule has 0 radical (unpaired) electrons. The SMILES string of the molecule is O=C(O)[C@@H]1CCCCN1C(=O)C[C@@H]1C=CCC1. The van der Waals surface area contributed by atoms with Crippen molar-refractivity contribution in [1.29, 1.82) is 0 Å². The van der Waals surface area contributed by atoms with Gasteiger partial charge in [-0.2, -0.15) is 0 Å². The minimum absolute atomic E-state index is 0.00801. The number of hydrogen-bond donors (Lipinski definition) is 1. The maximum atomic E-state index is 12.1. The number of carboxylic acids is 1. The summed E-state index contributed by atoms with van der Waals surface area (Å²) in [5, 5.41) is 9.11. The lowest BCUT2D eigenvalue weighted by molar-refractivity contribution is -0.152. The van der Waals surface area contributed by atoms with Gasteiger partial charge in [0, 0.05) is 13.0 Å². The molecule has 0 aromatic heterocycles. The van der Waals surface area contributed by atoms with E-state index >= 15 is 0 Å². The molecule has 0 unspecified atom stereocenters. The average Bonchev–Trinajstić information content (AvgIpc) is 2.81. The lowest BCUT2D eigenvalue weighted by Gasteiger charge is -2.33. The fourth-order valence-corrected chi connectivity index (χ4v) is 2.69. The molecule has 0 aromatic carbocycles. The number of carboxylic acid groups (broad SMARTS) is 1. The second kappa shape index (κ2) is 5.34. The van der Waals surface area contributed by atoms with Crippen LogP contribution in [0.15, 0.2) is 12.2 Å². The second-order valence-corrected chi connectivity index (χ2v) is 4.91. The van der Waals surface area contributed by atoms with Gasteiger partial charge in [-0.1, -0.05) is 12.2 Å². The van der Waals surface area contributed by atoms with Crippen LogP contribution in [0.1, 0.15) is 38.5 Å². The molecule has 2 rings (SSSR count). The Morgan fingerprint density at radius 2 is 2.12 bits per heavy atom. The molecule has 2 atom stereocenters. The zero-order valence-corrected chi connectivity index (χ0v) is 9.97. The molecule has 94 valence electrons. The number of carbonyl (C=O) groups excluding carboxylic acids is 1. The fraction of sp³-hybridized carbons (Fsp3) is 0.692. The highest BCUT2D eigenvalue weighted by atomic mass is 16.4. The molecule has 0 spiro atoms. The molecule has 1 saturated heterocycles. The van der Waals surface area contributed by atoms with Crippen molar-refractivity contribution in [2.75, 3.05) is 6.54 Å². The Morgan fingerprint density at radius 1 is 1.29 bits per heavy atom. The van der Waals surface area contributed by atoms with Gasteiger partial charge in [0.15, 0.2) is 0 Å². The molecule has 1 aliphatic heterocycles. The van der Waals surface area contributed by atoms with E-state index in [-0.39, 0.29) is 5.91 Å². The Bertz CT molecular complexity index is 338. The molecule has 0 saturated carbocycles. The molecular formula is C13H19NO3. The first-order valence-electron chi connectivity index (χ1n) is 6.37. The van der Waals surface area contributed by atoms with E-state index in [0.717, 1.165) is 25.7 Å². The number of piperidine rings is 1. The summed E-state index contributed by atoms with van der Waals surface area (Å²) >= 11 is 0. The van der Waals surface area contributed by atoms with E-state index in [1.165, 1.54) is 0 Å². The van der Waals surface area contributed by atoms with E-state index in [9.17, 15) is 9.59 Å². The van der Waals surface area contributed by atoms with Crippen LogP contribution in [0.2, 0.25) is 0 Å². The Labute approximate surface area is 101 Å². The van der Waals surface area contributed by atoms with Crippen LogP contribution in [-0.2, 0) is 9.59 Å². The molecule has 1 N–H and O–H groups in total. The molecule has 17 heavy (non-hydrogen) atoms. The molecule has 2 aliphatic rings. The molecule has 4 heteroatoms. The number of allylic oxidation sites excluding steroid dienone is 2. The van der Waals surface area contributed by atoms with Crippen molar-refractivity contribution in [3.63, 3.8) is 0 Å². The van der Waals surface area contributed by atoms with Crippen LogP contribution < -0.4 is 0 Å². The van der Waals surface area contributed by atoms with Crippen LogP contribution in [0.4, 0.5) is 0 Å². The summed E-state index contributed by atoms with van der Waals surface area (Å²) in [4.78, 5) is 24.8. The van der Waals surface area contributed by atoms with E-state index in [0.29, 0.717) is 25.3 Å². The summed E-state index contributed by atoms with van der Waals surface area (Å²) in [6.07, 6.45) is 9.15. The van der Waals surface area contributed by atoms with Gasteiger partial charge in [-0.15, -0.1) is 0 Å². The smallest absolute Gasteiger partial charge is 0.326 e. The van der Waals surface area contributed by atoms with Crippen LogP contribution in [0.3, 0.4) is 0 Å². The summed E-state index contributed by atoms with van der Waals surface area (Å²) in [5.74, 6) is -0.535. The average molecular weight is 237 g/mol. The predicted octanol–water partition coefficient (Wildman–Crippen LogP) is 1.81. The number of hydrogen-bond acceptors (Lipinski definition) is 2. The summed E-state index contributed by atoms with van der Waals surface area (Å²) in [6, 6.07) is -0.596. The van der Waals surface area contributed by atoms with Gasteiger partial charge < -0.3 is 10.0 Å². The maximum Gasteiger partial charge on any atom is 0.326 e. The minimum atomic E-state index is -0.861. The van der Waals surface area contributed by atoms with Crippen molar-refractivity contribution in [2.45, 2.75) is 44.6 Å². The first kappa shape index (κ1) is 12.1. The summed E-state index contributed by atoms with van der Waals surface area (Å²) in [7, 11) is 0. The highest BCUT2D eigenvalue weighted by Gasteiger charge is 2.32. The largest absolute Gasteiger partial charge is 0.480 e. The molecular weight excluding hydrogens is 218 g/mol. The second-order valence-electron chi connectivity index (χ2n) is 4.91. The van der Waals surface area contributed by atoms with Gasteiger partial charge in [-0.05, 0) is 38.0 Å².